The predicted octanol–water partition coefficient (Wildman–Crippen LogP) is -0.0809. The molecule has 0 bridgehead atoms. The van der Waals surface area contributed by atoms with Gasteiger partial charge in [-0.3, -0.25) is 9.69 Å². The number of hydrogen-bond acceptors (Lipinski definition) is 4. The van der Waals surface area contributed by atoms with Crippen molar-refractivity contribution in [1.82, 2.24) is 15.1 Å². The Balaban J connectivity index is 1.66. The van der Waals surface area contributed by atoms with Gasteiger partial charge in [0.05, 0.1) is 6.61 Å². The average Bonchev–Trinajstić information content (AvgIpc) is 2.89. The highest BCUT2D eigenvalue weighted by Crippen LogP contribution is 2.11. The second-order valence-corrected chi connectivity index (χ2v) is 5.21. The standard InChI is InChI=1S/C13H25N3O2/c1-18-10-9-15-5-7-16(8-6-15)13(17)11-12-3-2-4-14-12/h12,14H,2-11H2,1H3. The smallest absolute Gasteiger partial charge is 0.224 e. The van der Waals surface area contributed by atoms with Crippen molar-refractivity contribution >= 4 is 5.91 Å². The summed E-state index contributed by atoms with van der Waals surface area (Å²) >= 11 is 0. The molecule has 2 aliphatic heterocycles. The van der Waals surface area contributed by atoms with E-state index in [9.17, 15) is 4.79 Å². The van der Waals surface area contributed by atoms with Crippen LogP contribution in [0.5, 0.6) is 0 Å². The molecule has 0 saturated carbocycles. The van der Waals surface area contributed by atoms with E-state index in [0.717, 1.165) is 52.3 Å². The van der Waals surface area contributed by atoms with E-state index >= 15 is 0 Å². The van der Waals surface area contributed by atoms with Crippen molar-refractivity contribution in [3.8, 4) is 0 Å². The van der Waals surface area contributed by atoms with E-state index in [1.165, 1.54) is 6.42 Å². The Bertz CT molecular complexity index is 259. The van der Waals surface area contributed by atoms with Gasteiger partial charge < -0.3 is 15.0 Å². The first-order chi connectivity index (χ1) is 8.79. The number of nitrogens with zero attached hydrogens (tertiary/aromatic N) is 2. The van der Waals surface area contributed by atoms with E-state index < -0.39 is 0 Å². The summed E-state index contributed by atoms with van der Waals surface area (Å²) in [5, 5.41) is 3.39. The number of piperazine rings is 1. The Kier molecular flexibility index (Phi) is 5.41. The van der Waals surface area contributed by atoms with Gasteiger partial charge >= 0.3 is 0 Å². The fourth-order valence-electron chi connectivity index (χ4n) is 2.71. The Morgan fingerprint density at radius 1 is 1.33 bits per heavy atom. The maximum absolute atomic E-state index is 12.1. The quantitative estimate of drug-likeness (QED) is 0.746. The maximum atomic E-state index is 12.1. The average molecular weight is 255 g/mol. The molecule has 1 atom stereocenters. The van der Waals surface area contributed by atoms with Crippen LogP contribution in [0, 0.1) is 0 Å². The molecule has 2 saturated heterocycles. The lowest BCUT2D eigenvalue weighted by Crippen LogP contribution is -2.50. The van der Waals surface area contributed by atoms with Crippen molar-refractivity contribution in [2.75, 3.05) is 53.0 Å². The molecule has 2 fully saturated rings. The number of methoxy groups -OCH3 is 1. The number of amides is 1. The molecule has 104 valence electrons. The van der Waals surface area contributed by atoms with Gasteiger partial charge in [-0.2, -0.15) is 0 Å². The van der Waals surface area contributed by atoms with Gasteiger partial charge in [0.2, 0.25) is 5.91 Å². The summed E-state index contributed by atoms with van der Waals surface area (Å²) in [7, 11) is 1.73. The van der Waals surface area contributed by atoms with Crippen LogP contribution in [0.3, 0.4) is 0 Å². The molecular weight excluding hydrogens is 230 g/mol. The Morgan fingerprint density at radius 3 is 2.72 bits per heavy atom. The van der Waals surface area contributed by atoms with Crippen molar-refractivity contribution < 1.29 is 9.53 Å². The molecule has 5 nitrogen and oxygen atoms in total. The molecule has 0 aromatic heterocycles. The van der Waals surface area contributed by atoms with Gasteiger partial charge in [0.15, 0.2) is 0 Å². The number of rotatable bonds is 5. The molecule has 0 aromatic carbocycles. The zero-order valence-corrected chi connectivity index (χ0v) is 11.4. The van der Waals surface area contributed by atoms with Gasteiger partial charge in [-0.25, -0.2) is 0 Å². The monoisotopic (exact) mass is 255 g/mol. The van der Waals surface area contributed by atoms with Crippen molar-refractivity contribution in [1.29, 1.82) is 0 Å². The van der Waals surface area contributed by atoms with Crippen LogP contribution in [-0.2, 0) is 9.53 Å². The molecule has 1 N–H and O–H groups in total. The molecule has 2 heterocycles. The lowest BCUT2D eigenvalue weighted by Gasteiger charge is -2.35. The third-order valence-corrected chi connectivity index (χ3v) is 3.92. The topological polar surface area (TPSA) is 44.8 Å². The molecule has 0 aromatic rings. The Labute approximate surface area is 109 Å². The molecule has 5 heteroatoms. The normalized spacial score (nSPS) is 25.6. The number of nitrogens with one attached hydrogen (secondary N) is 1. The predicted molar refractivity (Wildman–Crippen MR) is 70.5 cm³/mol. The molecule has 1 unspecified atom stereocenters. The van der Waals surface area contributed by atoms with Crippen LogP contribution in [0.15, 0.2) is 0 Å². The molecule has 1 amide bonds. The zero-order valence-electron chi connectivity index (χ0n) is 11.4. The maximum Gasteiger partial charge on any atom is 0.224 e. The fraction of sp³-hybridized carbons (Fsp3) is 0.923. The summed E-state index contributed by atoms with van der Waals surface area (Å²) in [4.78, 5) is 16.5. The van der Waals surface area contributed by atoms with E-state index in [2.05, 4.69) is 10.2 Å². The molecule has 0 radical (unpaired) electrons. The first-order valence-electron chi connectivity index (χ1n) is 7.02. The summed E-state index contributed by atoms with van der Waals surface area (Å²) in [6.07, 6.45) is 3.04. The molecule has 0 aliphatic carbocycles. The minimum Gasteiger partial charge on any atom is -0.383 e. The minimum atomic E-state index is 0.320. The third-order valence-electron chi connectivity index (χ3n) is 3.92. The van der Waals surface area contributed by atoms with Crippen LogP contribution in [-0.4, -0.2) is 74.7 Å². The Morgan fingerprint density at radius 2 is 2.11 bits per heavy atom. The number of ether oxygens (including phenoxy) is 1. The molecule has 2 rings (SSSR count). The first-order valence-corrected chi connectivity index (χ1v) is 7.02. The van der Waals surface area contributed by atoms with Crippen molar-refractivity contribution in [3.05, 3.63) is 0 Å². The van der Waals surface area contributed by atoms with Crippen LogP contribution in [0.2, 0.25) is 0 Å². The van der Waals surface area contributed by atoms with E-state index in [-0.39, 0.29) is 0 Å². The van der Waals surface area contributed by atoms with Crippen LogP contribution in [0.25, 0.3) is 0 Å². The molecule has 18 heavy (non-hydrogen) atoms. The highest BCUT2D eigenvalue weighted by Gasteiger charge is 2.24. The van der Waals surface area contributed by atoms with Crippen molar-refractivity contribution in [3.63, 3.8) is 0 Å². The van der Waals surface area contributed by atoms with E-state index in [1.807, 2.05) is 4.90 Å². The fourth-order valence-corrected chi connectivity index (χ4v) is 2.71. The van der Waals surface area contributed by atoms with Gasteiger partial charge in [0.25, 0.3) is 0 Å². The largest absolute Gasteiger partial charge is 0.383 e. The summed E-state index contributed by atoms with van der Waals surface area (Å²) in [6.45, 7) is 6.52. The lowest BCUT2D eigenvalue weighted by atomic mass is 10.1. The summed E-state index contributed by atoms with van der Waals surface area (Å²) in [5.74, 6) is 0.320. The first kappa shape index (κ1) is 13.8. The van der Waals surface area contributed by atoms with Crippen LogP contribution < -0.4 is 5.32 Å². The van der Waals surface area contributed by atoms with Gasteiger partial charge in [-0.1, -0.05) is 0 Å². The summed E-state index contributed by atoms with van der Waals surface area (Å²) in [5.41, 5.74) is 0. The van der Waals surface area contributed by atoms with Gasteiger partial charge in [0.1, 0.15) is 0 Å². The lowest BCUT2D eigenvalue weighted by molar-refractivity contribution is -0.133. The molecule has 0 spiro atoms. The number of carbonyl (C=O) groups is 1. The van der Waals surface area contributed by atoms with E-state index in [1.54, 1.807) is 7.11 Å². The summed E-state index contributed by atoms with van der Waals surface area (Å²) in [6, 6.07) is 0.420. The SMILES string of the molecule is COCCN1CCN(C(=O)CC2CCCN2)CC1. The minimum absolute atomic E-state index is 0.320. The number of hydrogen-bond donors (Lipinski definition) is 1. The van der Waals surface area contributed by atoms with Gasteiger partial charge in [0, 0.05) is 52.3 Å². The van der Waals surface area contributed by atoms with Gasteiger partial charge in [-0.15, -0.1) is 0 Å². The zero-order chi connectivity index (χ0) is 12.8. The van der Waals surface area contributed by atoms with Crippen molar-refractivity contribution in [2.45, 2.75) is 25.3 Å². The third kappa shape index (κ3) is 3.93. The van der Waals surface area contributed by atoms with E-state index in [4.69, 9.17) is 4.74 Å². The highest BCUT2D eigenvalue weighted by molar-refractivity contribution is 5.77. The highest BCUT2D eigenvalue weighted by atomic mass is 16.5. The van der Waals surface area contributed by atoms with Crippen LogP contribution in [0.1, 0.15) is 19.3 Å². The van der Waals surface area contributed by atoms with E-state index in [0.29, 0.717) is 18.4 Å². The van der Waals surface area contributed by atoms with Gasteiger partial charge in [-0.05, 0) is 19.4 Å². The summed E-state index contributed by atoms with van der Waals surface area (Å²) < 4.78 is 5.08. The Hall–Kier alpha value is -0.650. The second-order valence-electron chi connectivity index (χ2n) is 5.21. The molecule has 2 aliphatic rings. The van der Waals surface area contributed by atoms with Crippen LogP contribution in [0.4, 0.5) is 0 Å². The number of carbonyl (C=O) groups excluding carboxylic acids is 1. The molecular formula is C13H25N3O2. The van der Waals surface area contributed by atoms with Crippen LogP contribution >= 0.6 is 0 Å². The second kappa shape index (κ2) is 7.07. The van der Waals surface area contributed by atoms with Crippen molar-refractivity contribution in [2.24, 2.45) is 0 Å².